The highest BCUT2D eigenvalue weighted by Crippen LogP contribution is 2.28. The van der Waals surface area contributed by atoms with Crippen molar-refractivity contribution in [3.8, 4) is 5.75 Å². The number of para-hydroxylation sites is 1. The van der Waals surface area contributed by atoms with Crippen LogP contribution in [0.25, 0.3) is 0 Å². The van der Waals surface area contributed by atoms with Crippen molar-refractivity contribution in [2.75, 3.05) is 32.8 Å². The zero-order valence-electron chi connectivity index (χ0n) is 17.1. The Bertz CT molecular complexity index is 743. The molecule has 160 valence electrons. The molecular weight excluding hydrogens is 454 g/mol. The summed E-state index contributed by atoms with van der Waals surface area (Å²) >= 11 is 3.47. The van der Waals surface area contributed by atoms with Gasteiger partial charge in [-0.05, 0) is 41.7 Å². The Hall–Kier alpha value is -1.11. The average molecular weight is 485 g/mol. The number of rotatable bonds is 8. The van der Waals surface area contributed by atoms with Crippen LogP contribution in [0, 0.1) is 0 Å². The van der Waals surface area contributed by atoms with E-state index in [-0.39, 0.29) is 18.5 Å². The second kappa shape index (κ2) is 11.9. The van der Waals surface area contributed by atoms with Crippen LogP contribution in [0.4, 0.5) is 0 Å². The van der Waals surface area contributed by atoms with Crippen molar-refractivity contribution in [2.45, 2.75) is 38.4 Å². The number of aliphatic hydroxyl groups excluding tert-OH is 1. The highest BCUT2D eigenvalue weighted by Gasteiger charge is 2.24. The van der Waals surface area contributed by atoms with Crippen molar-refractivity contribution < 1.29 is 14.6 Å². The predicted molar refractivity (Wildman–Crippen MR) is 123 cm³/mol. The number of nitrogens with zero attached hydrogens (tertiary/aromatic N) is 1. The maximum absolute atomic E-state index is 10.5. The van der Waals surface area contributed by atoms with E-state index in [0.29, 0.717) is 25.7 Å². The lowest BCUT2D eigenvalue weighted by Crippen LogP contribution is -2.43. The molecule has 29 heavy (non-hydrogen) atoms. The third kappa shape index (κ3) is 6.97. The molecule has 3 unspecified atom stereocenters. The summed E-state index contributed by atoms with van der Waals surface area (Å²) in [5.41, 5.74) is 2.37. The molecule has 1 fully saturated rings. The highest BCUT2D eigenvalue weighted by molar-refractivity contribution is 9.10. The van der Waals surface area contributed by atoms with Crippen LogP contribution in [0.5, 0.6) is 5.75 Å². The Kier molecular flexibility index (Phi) is 9.93. The fraction of sp³-hybridized carbons (Fsp3) is 0.478. The number of hydrogen-bond donors (Lipinski definition) is 1. The van der Waals surface area contributed by atoms with Gasteiger partial charge in [0.25, 0.3) is 0 Å². The molecule has 0 radical (unpaired) electrons. The van der Waals surface area contributed by atoms with Crippen LogP contribution in [0.1, 0.15) is 43.4 Å². The van der Waals surface area contributed by atoms with Crippen LogP contribution in [0.3, 0.4) is 0 Å². The molecule has 0 aromatic heterocycles. The minimum Gasteiger partial charge on any atom is -0.491 e. The lowest BCUT2D eigenvalue weighted by molar-refractivity contribution is -0.0459. The number of morpholine rings is 1. The zero-order chi connectivity index (χ0) is 19.9. The van der Waals surface area contributed by atoms with Gasteiger partial charge in [-0.3, -0.25) is 4.90 Å². The van der Waals surface area contributed by atoms with E-state index in [1.54, 1.807) is 0 Å². The van der Waals surface area contributed by atoms with Crippen LogP contribution >= 0.6 is 28.3 Å². The molecule has 3 atom stereocenters. The first kappa shape index (κ1) is 24.2. The Morgan fingerprint density at radius 1 is 1.21 bits per heavy atom. The molecule has 2 aromatic carbocycles. The first-order chi connectivity index (χ1) is 13.6. The topological polar surface area (TPSA) is 41.9 Å². The zero-order valence-corrected chi connectivity index (χ0v) is 19.5. The Morgan fingerprint density at radius 3 is 2.66 bits per heavy atom. The normalized spacial score (nSPS) is 19.2. The van der Waals surface area contributed by atoms with Crippen molar-refractivity contribution in [1.82, 2.24) is 4.90 Å². The lowest BCUT2D eigenvalue weighted by Gasteiger charge is -2.34. The fourth-order valence-electron chi connectivity index (χ4n) is 3.52. The minimum atomic E-state index is -0.534. The van der Waals surface area contributed by atoms with E-state index in [1.165, 1.54) is 11.1 Å². The molecule has 1 aliphatic rings. The van der Waals surface area contributed by atoms with Crippen LogP contribution in [0.15, 0.2) is 53.0 Å². The van der Waals surface area contributed by atoms with Gasteiger partial charge in [-0.25, -0.2) is 0 Å². The largest absolute Gasteiger partial charge is 0.491 e. The van der Waals surface area contributed by atoms with Gasteiger partial charge < -0.3 is 14.6 Å². The second-order valence-electron chi connectivity index (χ2n) is 7.48. The summed E-state index contributed by atoms with van der Waals surface area (Å²) in [6, 6.07) is 16.4. The second-order valence-corrected chi connectivity index (χ2v) is 8.40. The smallest absolute Gasteiger partial charge is 0.122 e. The van der Waals surface area contributed by atoms with E-state index >= 15 is 0 Å². The van der Waals surface area contributed by atoms with Crippen molar-refractivity contribution >= 4 is 28.3 Å². The maximum Gasteiger partial charge on any atom is 0.122 e. The predicted octanol–water partition coefficient (Wildman–Crippen LogP) is 5.20. The summed E-state index contributed by atoms with van der Waals surface area (Å²) in [6.07, 6.45) is 0.573. The van der Waals surface area contributed by atoms with Crippen LogP contribution < -0.4 is 4.74 Å². The molecule has 0 amide bonds. The monoisotopic (exact) mass is 483 g/mol. The summed E-state index contributed by atoms with van der Waals surface area (Å²) in [5.74, 6) is 1.32. The van der Waals surface area contributed by atoms with Gasteiger partial charge >= 0.3 is 0 Å². The molecule has 1 aliphatic heterocycles. The van der Waals surface area contributed by atoms with Gasteiger partial charge in [0, 0.05) is 24.1 Å². The Morgan fingerprint density at radius 2 is 1.93 bits per heavy atom. The number of benzene rings is 2. The van der Waals surface area contributed by atoms with Crippen molar-refractivity contribution in [1.29, 1.82) is 0 Å². The van der Waals surface area contributed by atoms with Crippen molar-refractivity contribution in [3.05, 3.63) is 64.1 Å². The quantitative estimate of drug-likeness (QED) is 0.559. The van der Waals surface area contributed by atoms with Crippen LogP contribution in [-0.2, 0) is 4.74 Å². The maximum atomic E-state index is 10.5. The first-order valence-corrected chi connectivity index (χ1v) is 10.8. The summed E-state index contributed by atoms with van der Waals surface area (Å²) in [5, 5.41) is 10.5. The first-order valence-electron chi connectivity index (χ1n) is 10.1. The van der Waals surface area contributed by atoms with Gasteiger partial charge in [-0.1, -0.05) is 60.1 Å². The number of halogens is 2. The van der Waals surface area contributed by atoms with E-state index in [4.69, 9.17) is 9.47 Å². The third-order valence-electron chi connectivity index (χ3n) is 5.35. The molecule has 1 N–H and O–H groups in total. The number of β-amino-alcohol motifs (C(OH)–C–C–N with tert-alkyl or cyclic N) is 1. The molecule has 0 saturated carbocycles. The molecule has 0 bridgehead atoms. The van der Waals surface area contributed by atoms with Gasteiger partial charge in [0.05, 0.1) is 12.7 Å². The van der Waals surface area contributed by atoms with Gasteiger partial charge in [0.2, 0.25) is 0 Å². The third-order valence-corrected chi connectivity index (χ3v) is 5.88. The summed E-state index contributed by atoms with van der Waals surface area (Å²) in [7, 11) is 0. The molecule has 1 saturated heterocycles. The Balaban J connectivity index is 0.00000300. The standard InChI is InChI=1S/C23H30BrNO3.ClH/c1-3-17(2)21-6-4-5-7-22(21)28-16-20(26)14-25-12-13-27-23(15-25)18-8-10-19(24)11-9-18;/h4-11,17,20,23,26H,3,12-16H2,1-2H3;1H. The minimum absolute atomic E-state index is 0. The number of aliphatic hydroxyl groups is 1. The van der Waals surface area contributed by atoms with Crippen LogP contribution in [-0.4, -0.2) is 49.0 Å². The van der Waals surface area contributed by atoms with Gasteiger partial charge in [0.1, 0.15) is 18.5 Å². The number of hydrogen-bond acceptors (Lipinski definition) is 4. The Labute approximate surface area is 188 Å². The van der Waals surface area contributed by atoms with Crippen molar-refractivity contribution in [3.63, 3.8) is 0 Å². The van der Waals surface area contributed by atoms with Gasteiger partial charge in [-0.15, -0.1) is 12.4 Å². The summed E-state index contributed by atoms with van der Waals surface area (Å²) < 4.78 is 13.0. The van der Waals surface area contributed by atoms with E-state index in [0.717, 1.165) is 29.7 Å². The average Bonchev–Trinajstić information content (AvgIpc) is 2.72. The summed E-state index contributed by atoms with van der Waals surface area (Å²) in [6.45, 7) is 7.54. The molecule has 1 heterocycles. The van der Waals surface area contributed by atoms with E-state index in [9.17, 15) is 5.11 Å². The SMILES string of the molecule is CCC(C)c1ccccc1OCC(O)CN1CCOC(c2ccc(Br)cc2)C1.Cl. The molecule has 6 heteroatoms. The number of ether oxygens (including phenoxy) is 2. The van der Waals surface area contributed by atoms with Gasteiger partial charge in [0.15, 0.2) is 0 Å². The van der Waals surface area contributed by atoms with E-state index in [2.05, 4.69) is 52.9 Å². The van der Waals surface area contributed by atoms with E-state index in [1.807, 2.05) is 30.3 Å². The lowest BCUT2D eigenvalue weighted by atomic mass is 9.98. The molecule has 3 rings (SSSR count). The van der Waals surface area contributed by atoms with Crippen LogP contribution in [0.2, 0.25) is 0 Å². The molecule has 4 nitrogen and oxygen atoms in total. The van der Waals surface area contributed by atoms with Crippen molar-refractivity contribution in [2.24, 2.45) is 0 Å². The highest BCUT2D eigenvalue weighted by atomic mass is 79.9. The molecule has 0 spiro atoms. The fourth-order valence-corrected chi connectivity index (χ4v) is 3.79. The molecular formula is C23H31BrClNO3. The van der Waals surface area contributed by atoms with Gasteiger partial charge in [-0.2, -0.15) is 0 Å². The summed E-state index contributed by atoms with van der Waals surface area (Å²) in [4.78, 5) is 2.25. The molecule has 2 aromatic rings. The van der Waals surface area contributed by atoms with E-state index < -0.39 is 6.10 Å². The molecule has 0 aliphatic carbocycles.